The van der Waals surface area contributed by atoms with Gasteiger partial charge in [-0.3, -0.25) is 9.59 Å². The molecule has 0 aliphatic carbocycles. The second kappa shape index (κ2) is 18.6. The van der Waals surface area contributed by atoms with Crippen molar-refractivity contribution in [3.63, 3.8) is 0 Å². The summed E-state index contributed by atoms with van der Waals surface area (Å²) < 4.78 is 13.3. The molecule has 1 aliphatic rings. The number of benzene rings is 3. The molecule has 10 nitrogen and oxygen atoms in total. The molecule has 11 heteroatoms. The second-order valence-corrected chi connectivity index (χ2v) is 13.7. The molecule has 0 saturated carbocycles. The number of amides is 2. The summed E-state index contributed by atoms with van der Waals surface area (Å²) in [6, 6.07) is 27.0. The molecule has 4 aromatic rings. The summed E-state index contributed by atoms with van der Waals surface area (Å²) in [6.45, 7) is 4.56. The fourth-order valence-corrected chi connectivity index (χ4v) is 7.16. The fourth-order valence-electron chi connectivity index (χ4n) is 6.01. The van der Waals surface area contributed by atoms with Crippen molar-refractivity contribution in [2.75, 3.05) is 12.3 Å². The Morgan fingerprint density at radius 1 is 0.843 bits per heavy atom. The van der Waals surface area contributed by atoms with Crippen molar-refractivity contribution >= 4 is 29.5 Å². The first-order valence-corrected chi connectivity index (χ1v) is 18.2. The SMILES string of the molecule is CC(=O)NCCCCCC(=O)NCc1cccc(-c2cccc([C@H]3O[C@@H](CSc4ncccc4C(=O)O)[C@@H](C)[C@@H](c4ccc(CO)cc4)O3)c2)c1. The van der Waals surface area contributed by atoms with Crippen LogP contribution in [0.2, 0.25) is 0 Å². The van der Waals surface area contributed by atoms with Gasteiger partial charge in [0.15, 0.2) is 6.29 Å². The maximum Gasteiger partial charge on any atom is 0.338 e. The van der Waals surface area contributed by atoms with Crippen molar-refractivity contribution < 1.29 is 34.1 Å². The van der Waals surface area contributed by atoms with E-state index in [2.05, 4.69) is 34.7 Å². The maximum atomic E-state index is 12.5. The van der Waals surface area contributed by atoms with Gasteiger partial charge in [0, 0.05) is 49.9 Å². The number of carbonyl (C=O) groups is 3. The van der Waals surface area contributed by atoms with Crippen LogP contribution >= 0.6 is 11.8 Å². The molecule has 3 aromatic carbocycles. The molecule has 2 amide bonds. The molecule has 5 rings (SSSR count). The highest BCUT2D eigenvalue weighted by atomic mass is 32.2. The third kappa shape index (κ3) is 10.7. The van der Waals surface area contributed by atoms with Crippen molar-refractivity contribution in [3.05, 3.63) is 119 Å². The first kappa shape index (κ1) is 37.7. The summed E-state index contributed by atoms with van der Waals surface area (Å²) in [5.41, 5.74) is 5.71. The molecule has 1 aromatic heterocycles. The van der Waals surface area contributed by atoms with Gasteiger partial charge in [-0.1, -0.05) is 74.0 Å². The van der Waals surface area contributed by atoms with Crippen LogP contribution in [-0.4, -0.2) is 51.4 Å². The van der Waals surface area contributed by atoms with E-state index < -0.39 is 12.3 Å². The van der Waals surface area contributed by atoms with E-state index in [0.29, 0.717) is 30.3 Å². The Hall–Kier alpha value is -4.55. The van der Waals surface area contributed by atoms with Crippen molar-refractivity contribution in [3.8, 4) is 11.1 Å². The van der Waals surface area contributed by atoms with Crippen LogP contribution in [0, 0.1) is 5.92 Å². The molecule has 51 heavy (non-hydrogen) atoms. The van der Waals surface area contributed by atoms with Crippen molar-refractivity contribution in [1.29, 1.82) is 0 Å². The number of pyridine rings is 1. The number of rotatable bonds is 16. The quantitative estimate of drug-likeness (QED) is 0.0725. The van der Waals surface area contributed by atoms with E-state index in [1.165, 1.54) is 18.7 Å². The topological polar surface area (TPSA) is 147 Å². The Kier molecular flexibility index (Phi) is 13.8. The number of aromatic carboxylic acids is 1. The van der Waals surface area contributed by atoms with Crippen molar-refractivity contribution in [2.24, 2.45) is 5.92 Å². The third-order valence-corrected chi connectivity index (χ3v) is 9.97. The van der Waals surface area contributed by atoms with Crippen molar-refractivity contribution in [1.82, 2.24) is 15.6 Å². The summed E-state index contributed by atoms with van der Waals surface area (Å²) in [4.78, 5) is 39.6. The number of aliphatic hydroxyl groups excluding tert-OH is 1. The average molecular weight is 712 g/mol. The summed E-state index contributed by atoms with van der Waals surface area (Å²) in [5, 5.41) is 25.5. The highest BCUT2D eigenvalue weighted by molar-refractivity contribution is 7.99. The number of carboxylic acids is 1. The lowest BCUT2D eigenvalue weighted by Gasteiger charge is -2.41. The van der Waals surface area contributed by atoms with Gasteiger partial charge in [-0.15, -0.1) is 11.8 Å². The molecule has 2 heterocycles. The number of ether oxygens (including phenoxy) is 2. The second-order valence-electron chi connectivity index (χ2n) is 12.7. The van der Waals surface area contributed by atoms with E-state index in [0.717, 1.165) is 52.6 Å². The first-order chi connectivity index (χ1) is 24.7. The molecule has 4 N–H and O–H groups in total. The van der Waals surface area contributed by atoms with Crippen LogP contribution in [0.4, 0.5) is 0 Å². The lowest BCUT2D eigenvalue weighted by atomic mass is 9.91. The van der Waals surface area contributed by atoms with E-state index in [1.807, 2.05) is 60.7 Å². The minimum absolute atomic E-state index is 0.00162. The van der Waals surface area contributed by atoms with Gasteiger partial charge in [-0.2, -0.15) is 0 Å². The van der Waals surface area contributed by atoms with Crippen LogP contribution in [0.25, 0.3) is 11.1 Å². The van der Waals surface area contributed by atoms with Gasteiger partial charge in [-0.25, -0.2) is 9.78 Å². The molecule has 0 unspecified atom stereocenters. The van der Waals surface area contributed by atoms with E-state index in [9.17, 15) is 24.6 Å². The molecule has 1 aliphatic heterocycles. The van der Waals surface area contributed by atoms with E-state index >= 15 is 0 Å². The van der Waals surface area contributed by atoms with Crippen LogP contribution in [0.15, 0.2) is 96.2 Å². The molecular formula is C40H45N3O7S. The van der Waals surface area contributed by atoms with Gasteiger partial charge in [0.25, 0.3) is 0 Å². The van der Waals surface area contributed by atoms with Gasteiger partial charge in [-0.05, 0) is 64.9 Å². The third-order valence-electron chi connectivity index (χ3n) is 8.87. The molecule has 4 atom stereocenters. The normalized spacial score (nSPS) is 18.6. The maximum absolute atomic E-state index is 12.5. The number of thioether (sulfide) groups is 1. The molecule has 1 saturated heterocycles. The van der Waals surface area contributed by atoms with Gasteiger partial charge < -0.3 is 30.3 Å². The van der Waals surface area contributed by atoms with Gasteiger partial charge in [0.1, 0.15) is 5.03 Å². The molecular weight excluding hydrogens is 667 g/mol. The van der Waals surface area contributed by atoms with Gasteiger partial charge in [0.2, 0.25) is 11.8 Å². The number of hydrogen-bond donors (Lipinski definition) is 4. The zero-order valence-corrected chi connectivity index (χ0v) is 29.7. The van der Waals surface area contributed by atoms with Crippen LogP contribution in [0.5, 0.6) is 0 Å². The summed E-state index contributed by atoms with van der Waals surface area (Å²) >= 11 is 1.35. The Bertz CT molecular complexity index is 1780. The Morgan fingerprint density at radius 3 is 2.35 bits per heavy atom. The predicted molar refractivity (Wildman–Crippen MR) is 196 cm³/mol. The van der Waals surface area contributed by atoms with E-state index in [4.69, 9.17) is 9.47 Å². The molecule has 0 bridgehead atoms. The van der Waals surface area contributed by atoms with Crippen LogP contribution < -0.4 is 10.6 Å². The van der Waals surface area contributed by atoms with Gasteiger partial charge in [0.05, 0.1) is 24.4 Å². The highest BCUT2D eigenvalue weighted by Gasteiger charge is 2.38. The Morgan fingerprint density at radius 2 is 1.61 bits per heavy atom. The predicted octanol–water partition coefficient (Wildman–Crippen LogP) is 6.84. The largest absolute Gasteiger partial charge is 0.478 e. The number of nitrogens with one attached hydrogen (secondary N) is 2. The lowest BCUT2D eigenvalue weighted by Crippen LogP contribution is -2.38. The first-order valence-electron chi connectivity index (χ1n) is 17.2. The minimum Gasteiger partial charge on any atom is -0.478 e. The molecule has 268 valence electrons. The van der Waals surface area contributed by atoms with E-state index in [1.54, 1.807) is 18.3 Å². The number of hydrogen-bond acceptors (Lipinski definition) is 8. The smallest absolute Gasteiger partial charge is 0.338 e. The minimum atomic E-state index is -1.03. The number of carbonyl (C=O) groups excluding carboxylic acids is 2. The fraction of sp³-hybridized carbons (Fsp3) is 0.350. The molecule has 0 radical (unpaired) electrons. The molecule has 1 fully saturated rings. The van der Waals surface area contributed by atoms with Crippen molar-refractivity contribution in [2.45, 2.75) is 76.2 Å². The summed E-state index contributed by atoms with van der Waals surface area (Å²) in [6.07, 6.45) is 3.20. The number of unbranched alkanes of at least 4 members (excludes halogenated alkanes) is 2. The van der Waals surface area contributed by atoms with Crippen LogP contribution in [-0.2, 0) is 32.2 Å². The number of nitrogens with zero attached hydrogens (tertiary/aromatic N) is 1. The van der Waals surface area contributed by atoms with Gasteiger partial charge >= 0.3 is 5.97 Å². The monoisotopic (exact) mass is 711 g/mol. The zero-order chi connectivity index (χ0) is 36.2. The molecule has 0 spiro atoms. The van der Waals surface area contributed by atoms with Crippen LogP contribution in [0.1, 0.15) is 84.5 Å². The zero-order valence-electron chi connectivity index (χ0n) is 28.9. The summed E-state index contributed by atoms with van der Waals surface area (Å²) in [5.74, 6) is -0.681. The number of aliphatic hydroxyl groups is 1. The Balaban J connectivity index is 1.29. The summed E-state index contributed by atoms with van der Waals surface area (Å²) in [7, 11) is 0. The number of carboxylic acid groups (broad SMARTS) is 1. The lowest BCUT2D eigenvalue weighted by molar-refractivity contribution is -0.268. The standard InChI is InChI=1S/C40H45N3O7S/c1-26-35(25-51-38-34(39(47)48)13-8-20-42-38)49-40(50-37(26)30-17-15-28(24-44)16-18-30)33-12-7-11-32(22-33)31-10-6-9-29(21-31)23-43-36(46)14-4-3-5-19-41-27(2)45/h6-13,15-18,20-22,26,35,37,40,44H,3-5,14,19,23-25H2,1-2H3,(H,41,45)(H,43,46)(H,47,48)/t26-,35+,37+,40+/m1/s1. The Labute approximate surface area is 303 Å². The number of aromatic nitrogens is 1. The van der Waals surface area contributed by atoms with Crippen LogP contribution in [0.3, 0.4) is 0 Å². The average Bonchev–Trinajstić information content (AvgIpc) is 3.15. The highest BCUT2D eigenvalue weighted by Crippen LogP contribution is 2.43. The van der Waals surface area contributed by atoms with E-state index in [-0.39, 0.29) is 42.1 Å².